The van der Waals surface area contributed by atoms with E-state index in [1.54, 1.807) is 7.05 Å². The number of hydrogen-bond acceptors (Lipinski definition) is 3. The molecule has 2 heterocycles. The molecule has 6 nitrogen and oxygen atoms in total. The topological polar surface area (TPSA) is 77.1 Å². The van der Waals surface area contributed by atoms with Gasteiger partial charge in [-0.3, -0.25) is 18.8 Å². The van der Waals surface area contributed by atoms with E-state index in [4.69, 9.17) is 5.11 Å². The fraction of sp³-hybridized carbons (Fsp3) is 0.364. The van der Waals surface area contributed by atoms with Crippen LogP contribution < -0.4 is 5.56 Å². The van der Waals surface area contributed by atoms with Crippen LogP contribution in [0.5, 0.6) is 0 Å². The minimum absolute atomic E-state index is 0.0755. The lowest BCUT2D eigenvalue weighted by molar-refractivity contribution is -0.137. The number of aryl methyl sites for hydroxylation is 2. The molecule has 2 aromatic heterocycles. The maximum Gasteiger partial charge on any atom is 0.305 e. The Morgan fingerprint density at radius 3 is 2.79 bits per heavy atom. The lowest BCUT2D eigenvalue weighted by atomic mass is 10.2. The summed E-state index contributed by atoms with van der Waals surface area (Å²) in [5, 5.41) is 12.7. The first-order valence-corrected chi connectivity index (χ1v) is 5.47. The summed E-state index contributed by atoms with van der Waals surface area (Å²) >= 11 is 0. The first-order chi connectivity index (χ1) is 8.90. The van der Waals surface area contributed by atoms with Crippen LogP contribution in [0.15, 0.2) is 17.1 Å². The fourth-order valence-electron chi connectivity index (χ4n) is 1.88. The Labute approximate surface area is 105 Å². The largest absolute Gasteiger partial charge is 0.481 e. The fourth-order valence-corrected chi connectivity index (χ4v) is 1.88. The van der Waals surface area contributed by atoms with Crippen LogP contribution in [-0.4, -0.2) is 25.4 Å². The Morgan fingerprint density at radius 2 is 2.21 bits per heavy atom. The Bertz CT molecular complexity index is 690. The maximum atomic E-state index is 12.9. The van der Waals surface area contributed by atoms with Crippen molar-refractivity contribution in [1.29, 1.82) is 0 Å². The Balaban J connectivity index is 2.64. The van der Waals surface area contributed by atoms with E-state index >= 15 is 0 Å². The van der Waals surface area contributed by atoms with Crippen molar-refractivity contribution >= 4 is 17.0 Å². The van der Waals surface area contributed by atoms with Crippen molar-refractivity contribution in [1.82, 2.24) is 14.3 Å². The van der Waals surface area contributed by atoms with Crippen LogP contribution in [0.4, 0.5) is 8.78 Å². The van der Waals surface area contributed by atoms with Gasteiger partial charge in [0.25, 0.3) is 12.0 Å². The minimum atomic E-state index is -2.78. The number of hydrogen-bond donors (Lipinski definition) is 1. The maximum absolute atomic E-state index is 12.9. The number of halogens is 2. The van der Waals surface area contributed by atoms with Gasteiger partial charge in [-0.15, -0.1) is 0 Å². The molecular formula is C11H11F2N3O3. The van der Waals surface area contributed by atoms with Crippen molar-refractivity contribution in [2.75, 3.05) is 0 Å². The summed E-state index contributed by atoms with van der Waals surface area (Å²) in [5.74, 6) is -1.08. The molecule has 0 fully saturated rings. The molecule has 0 saturated heterocycles. The van der Waals surface area contributed by atoms with E-state index in [-0.39, 0.29) is 29.6 Å². The standard InChI is InChI=1S/C11H11F2N3O3/c1-15-5-7-6(10(12)13)4-8(17)16(11(7)14-15)3-2-9(18)19/h4-5,10H,2-3H2,1H3,(H,18,19). The Kier molecular flexibility index (Phi) is 3.32. The molecule has 2 aromatic rings. The monoisotopic (exact) mass is 271 g/mol. The van der Waals surface area contributed by atoms with Crippen LogP contribution in [0.2, 0.25) is 0 Å². The molecular weight excluding hydrogens is 260 g/mol. The molecule has 19 heavy (non-hydrogen) atoms. The third-order valence-electron chi connectivity index (χ3n) is 2.71. The Morgan fingerprint density at radius 1 is 1.53 bits per heavy atom. The second-order valence-electron chi connectivity index (χ2n) is 4.07. The Hall–Kier alpha value is -2.25. The zero-order chi connectivity index (χ0) is 14.2. The molecule has 0 aliphatic rings. The summed E-state index contributed by atoms with van der Waals surface area (Å²) in [6, 6.07) is 0.830. The van der Waals surface area contributed by atoms with Gasteiger partial charge in [-0.1, -0.05) is 0 Å². The van der Waals surface area contributed by atoms with Crippen LogP contribution in [0, 0.1) is 0 Å². The molecule has 2 rings (SSSR count). The predicted octanol–water partition coefficient (Wildman–Crippen LogP) is 1.15. The number of aromatic nitrogens is 3. The van der Waals surface area contributed by atoms with Crippen LogP contribution in [-0.2, 0) is 18.4 Å². The summed E-state index contributed by atoms with van der Waals surface area (Å²) in [5.41, 5.74) is -0.992. The molecule has 0 unspecified atom stereocenters. The van der Waals surface area contributed by atoms with Gasteiger partial charge in [-0.25, -0.2) is 8.78 Å². The number of carbonyl (C=O) groups is 1. The SMILES string of the molecule is Cn1cc2c(C(F)F)cc(=O)n(CCC(=O)O)c2n1. The summed E-state index contributed by atoms with van der Waals surface area (Å²) in [4.78, 5) is 22.3. The third-order valence-corrected chi connectivity index (χ3v) is 2.71. The van der Waals surface area contributed by atoms with E-state index < -0.39 is 18.0 Å². The summed E-state index contributed by atoms with van der Waals surface area (Å²) in [6.07, 6.45) is -1.68. The number of fused-ring (bicyclic) bond motifs is 1. The zero-order valence-corrected chi connectivity index (χ0v) is 10.0. The quantitative estimate of drug-likeness (QED) is 0.904. The highest BCUT2D eigenvalue weighted by atomic mass is 19.3. The van der Waals surface area contributed by atoms with Crippen molar-refractivity contribution in [3.63, 3.8) is 0 Å². The number of nitrogens with zero attached hydrogens (tertiary/aromatic N) is 3. The van der Waals surface area contributed by atoms with Gasteiger partial charge in [0.05, 0.1) is 6.42 Å². The van der Waals surface area contributed by atoms with Gasteiger partial charge in [-0.05, 0) is 0 Å². The predicted molar refractivity (Wildman–Crippen MR) is 62.2 cm³/mol. The highest BCUT2D eigenvalue weighted by Gasteiger charge is 2.18. The molecule has 0 aliphatic carbocycles. The molecule has 8 heteroatoms. The average molecular weight is 271 g/mol. The number of carboxylic acids is 1. The van der Waals surface area contributed by atoms with Gasteiger partial charge in [-0.2, -0.15) is 5.10 Å². The number of carboxylic acid groups (broad SMARTS) is 1. The van der Waals surface area contributed by atoms with Gasteiger partial charge in [0, 0.05) is 36.8 Å². The number of pyridine rings is 1. The molecule has 102 valence electrons. The van der Waals surface area contributed by atoms with Crippen LogP contribution in [0.1, 0.15) is 18.4 Å². The normalized spacial score (nSPS) is 11.4. The van der Waals surface area contributed by atoms with Crippen molar-refractivity contribution in [2.24, 2.45) is 7.05 Å². The summed E-state index contributed by atoms with van der Waals surface area (Å²) in [6.45, 7) is -0.106. The third kappa shape index (κ3) is 2.47. The molecule has 0 atom stereocenters. The molecule has 0 bridgehead atoms. The van der Waals surface area contributed by atoms with Crippen molar-refractivity contribution in [3.05, 3.63) is 28.2 Å². The van der Waals surface area contributed by atoms with E-state index in [0.717, 1.165) is 10.6 Å². The van der Waals surface area contributed by atoms with Gasteiger partial charge in [0.1, 0.15) is 0 Å². The van der Waals surface area contributed by atoms with Crippen molar-refractivity contribution < 1.29 is 18.7 Å². The lowest BCUT2D eigenvalue weighted by Gasteiger charge is -2.07. The summed E-state index contributed by atoms with van der Waals surface area (Å²) < 4.78 is 28.1. The van der Waals surface area contributed by atoms with E-state index in [0.29, 0.717) is 0 Å². The van der Waals surface area contributed by atoms with Crippen molar-refractivity contribution in [3.8, 4) is 0 Å². The molecule has 0 aromatic carbocycles. The smallest absolute Gasteiger partial charge is 0.305 e. The van der Waals surface area contributed by atoms with E-state index in [9.17, 15) is 18.4 Å². The number of rotatable bonds is 4. The van der Waals surface area contributed by atoms with Gasteiger partial charge in [0.15, 0.2) is 5.65 Å². The summed E-state index contributed by atoms with van der Waals surface area (Å²) in [7, 11) is 1.54. The molecule has 1 N–H and O–H groups in total. The highest BCUT2D eigenvalue weighted by Crippen LogP contribution is 2.25. The molecule has 0 spiro atoms. The van der Waals surface area contributed by atoms with E-state index in [1.165, 1.54) is 10.9 Å². The molecule has 0 aliphatic heterocycles. The zero-order valence-electron chi connectivity index (χ0n) is 10.0. The second kappa shape index (κ2) is 4.79. The van der Waals surface area contributed by atoms with Crippen LogP contribution in [0.25, 0.3) is 11.0 Å². The first kappa shape index (κ1) is 13.2. The van der Waals surface area contributed by atoms with Crippen LogP contribution >= 0.6 is 0 Å². The molecule has 0 amide bonds. The van der Waals surface area contributed by atoms with E-state index in [2.05, 4.69) is 5.10 Å². The first-order valence-electron chi connectivity index (χ1n) is 5.47. The average Bonchev–Trinajstić information content (AvgIpc) is 2.67. The second-order valence-corrected chi connectivity index (χ2v) is 4.07. The van der Waals surface area contributed by atoms with Gasteiger partial charge < -0.3 is 5.11 Å². The minimum Gasteiger partial charge on any atom is -0.481 e. The van der Waals surface area contributed by atoms with Crippen LogP contribution in [0.3, 0.4) is 0 Å². The van der Waals surface area contributed by atoms with Gasteiger partial charge in [0.2, 0.25) is 0 Å². The molecule has 0 radical (unpaired) electrons. The molecule has 0 saturated carbocycles. The number of aliphatic carboxylic acids is 1. The highest BCUT2D eigenvalue weighted by molar-refractivity contribution is 5.79. The van der Waals surface area contributed by atoms with E-state index in [1.807, 2.05) is 0 Å². The van der Waals surface area contributed by atoms with Crippen molar-refractivity contribution in [2.45, 2.75) is 19.4 Å². The van der Waals surface area contributed by atoms with Gasteiger partial charge >= 0.3 is 5.97 Å². The lowest BCUT2D eigenvalue weighted by Crippen LogP contribution is -2.22. The number of alkyl halides is 2.